The molecule has 0 saturated carbocycles. The first kappa shape index (κ1) is 19.6. The standard InChI is InChI=1S/C14H19BrN2O5S/c1-8(2)17-13(18)9(3)22-14(19)11-7-10(5-6-12(11)15)23(20,21)16-4/h5-9,16H,1-4H3,(H,17,18)/t9-/m0/s1. The number of carbonyl (C=O) groups excluding carboxylic acids is 2. The Morgan fingerprint density at radius 3 is 2.35 bits per heavy atom. The zero-order valence-corrected chi connectivity index (χ0v) is 15.6. The molecule has 128 valence electrons. The van der Waals surface area contributed by atoms with Gasteiger partial charge >= 0.3 is 5.97 Å². The van der Waals surface area contributed by atoms with Crippen LogP contribution in [-0.4, -0.2) is 39.5 Å². The second kappa shape index (κ2) is 7.89. The molecule has 0 fully saturated rings. The fraction of sp³-hybridized carbons (Fsp3) is 0.429. The molecule has 0 saturated heterocycles. The summed E-state index contributed by atoms with van der Waals surface area (Å²) in [5, 5.41) is 2.62. The second-order valence-electron chi connectivity index (χ2n) is 5.06. The second-order valence-corrected chi connectivity index (χ2v) is 7.80. The summed E-state index contributed by atoms with van der Waals surface area (Å²) in [6, 6.07) is 3.88. The largest absolute Gasteiger partial charge is 0.449 e. The van der Waals surface area contributed by atoms with E-state index in [1.54, 1.807) is 13.8 Å². The van der Waals surface area contributed by atoms with Crippen LogP contribution in [0.5, 0.6) is 0 Å². The van der Waals surface area contributed by atoms with Gasteiger partial charge in [-0.15, -0.1) is 0 Å². The molecule has 9 heteroatoms. The van der Waals surface area contributed by atoms with E-state index in [-0.39, 0.29) is 16.5 Å². The average Bonchev–Trinajstić information content (AvgIpc) is 2.46. The Labute approximate surface area is 144 Å². The zero-order chi connectivity index (χ0) is 17.8. The van der Waals surface area contributed by atoms with E-state index in [0.717, 1.165) is 0 Å². The van der Waals surface area contributed by atoms with Crippen LogP contribution in [0, 0.1) is 0 Å². The fourth-order valence-electron chi connectivity index (χ4n) is 1.63. The molecule has 1 aromatic rings. The molecule has 23 heavy (non-hydrogen) atoms. The zero-order valence-electron chi connectivity index (χ0n) is 13.2. The van der Waals surface area contributed by atoms with E-state index < -0.39 is 28.0 Å². The molecular formula is C14H19BrN2O5S. The summed E-state index contributed by atoms with van der Waals surface area (Å²) in [5.41, 5.74) is 0.0190. The SMILES string of the molecule is CNS(=O)(=O)c1ccc(Br)c(C(=O)O[C@@H](C)C(=O)NC(C)C)c1. The normalized spacial score (nSPS) is 12.8. The summed E-state index contributed by atoms with van der Waals surface area (Å²) >= 11 is 3.17. The van der Waals surface area contributed by atoms with E-state index in [2.05, 4.69) is 26.0 Å². The van der Waals surface area contributed by atoms with Gasteiger partial charge in [0.05, 0.1) is 10.5 Å². The molecule has 0 aromatic heterocycles. The summed E-state index contributed by atoms with van der Waals surface area (Å²) in [5.74, 6) is -1.22. The first-order valence-electron chi connectivity index (χ1n) is 6.83. The lowest BCUT2D eigenvalue weighted by Crippen LogP contribution is -2.39. The van der Waals surface area contributed by atoms with Gasteiger partial charge in [-0.2, -0.15) is 0 Å². The van der Waals surface area contributed by atoms with Gasteiger partial charge in [-0.1, -0.05) is 0 Å². The number of ether oxygens (including phenoxy) is 1. The van der Waals surface area contributed by atoms with Crippen molar-refractivity contribution in [2.75, 3.05) is 7.05 Å². The third kappa shape index (κ3) is 5.29. The van der Waals surface area contributed by atoms with E-state index >= 15 is 0 Å². The van der Waals surface area contributed by atoms with Crippen LogP contribution >= 0.6 is 15.9 Å². The van der Waals surface area contributed by atoms with Crippen molar-refractivity contribution in [3.63, 3.8) is 0 Å². The molecule has 0 aliphatic rings. The van der Waals surface area contributed by atoms with Crippen molar-refractivity contribution in [2.24, 2.45) is 0 Å². The lowest BCUT2D eigenvalue weighted by Gasteiger charge is -2.16. The Balaban J connectivity index is 3.00. The Bertz CT molecular complexity index is 703. The van der Waals surface area contributed by atoms with E-state index in [9.17, 15) is 18.0 Å². The number of carbonyl (C=O) groups is 2. The Morgan fingerprint density at radius 1 is 1.22 bits per heavy atom. The molecule has 2 N–H and O–H groups in total. The number of sulfonamides is 1. The van der Waals surface area contributed by atoms with Gasteiger partial charge in [0.25, 0.3) is 5.91 Å². The summed E-state index contributed by atoms with van der Waals surface area (Å²) in [4.78, 5) is 23.9. The van der Waals surface area contributed by atoms with Crippen LogP contribution in [0.4, 0.5) is 0 Å². The summed E-state index contributed by atoms with van der Waals surface area (Å²) in [7, 11) is -2.42. The van der Waals surface area contributed by atoms with Gasteiger partial charge < -0.3 is 10.1 Å². The molecule has 0 heterocycles. The van der Waals surface area contributed by atoms with Gasteiger partial charge in [-0.3, -0.25) is 4.79 Å². The number of hydrogen-bond donors (Lipinski definition) is 2. The van der Waals surface area contributed by atoms with Gasteiger partial charge in [-0.25, -0.2) is 17.9 Å². The summed E-state index contributed by atoms with van der Waals surface area (Å²) < 4.78 is 31.2. The Kier molecular flexibility index (Phi) is 6.72. The first-order chi connectivity index (χ1) is 10.6. The third-order valence-corrected chi connectivity index (χ3v) is 4.92. The van der Waals surface area contributed by atoms with Crippen LogP contribution in [0.15, 0.2) is 27.6 Å². The van der Waals surface area contributed by atoms with Crippen LogP contribution in [0.25, 0.3) is 0 Å². The van der Waals surface area contributed by atoms with E-state index in [1.807, 2.05) is 0 Å². The number of benzene rings is 1. The van der Waals surface area contributed by atoms with Crippen molar-refractivity contribution >= 4 is 37.8 Å². The summed E-state index contributed by atoms with van der Waals surface area (Å²) in [6.45, 7) is 5.02. The van der Waals surface area contributed by atoms with Crippen molar-refractivity contribution in [1.29, 1.82) is 0 Å². The number of amides is 1. The number of nitrogens with one attached hydrogen (secondary N) is 2. The van der Waals surface area contributed by atoms with Crippen molar-refractivity contribution in [1.82, 2.24) is 10.0 Å². The van der Waals surface area contributed by atoms with E-state index in [1.165, 1.54) is 32.2 Å². The quantitative estimate of drug-likeness (QED) is 0.695. The lowest BCUT2D eigenvalue weighted by atomic mass is 10.2. The van der Waals surface area contributed by atoms with Crippen LogP contribution in [0.2, 0.25) is 0 Å². The van der Waals surface area contributed by atoms with Crippen LogP contribution in [0.3, 0.4) is 0 Å². The fourth-order valence-corrected chi connectivity index (χ4v) is 2.79. The third-order valence-electron chi connectivity index (χ3n) is 2.82. The molecule has 0 aliphatic heterocycles. The van der Waals surface area contributed by atoms with Gasteiger partial charge in [-0.05, 0) is 61.9 Å². The maximum Gasteiger partial charge on any atom is 0.340 e. The lowest BCUT2D eigenvalue weighted by molar-refractivity contribution is -0.129. The Morgan fingerprint density at radius 2 is 1.83 bits per heavy atom. The minimum atomic E-state index is -3.69. The van der Waals surface area contributed by atoms with Crippen LogP contribution < -0.4 is 10.0 Å². The molecule has 0 aliphatic carbocycles. The van der Waals surface area contributed by atoms with Crippen LogP contribution in [-0.2, 0) is 19.6 Å². The topological polar surface area (TPSA) is 102 Å². The number of esters is 1. The minimum Gasteiger partial charge on any atom is -0.449 e. The highest BCUT2D eigenvalue weighted by Gasteiger charge is 2.22. The predicted octanol–water partition coefficient (Wildman–Crippen LogP) is 1.43. The van der Waals surface area contributed by atoms with Crippen molar-refractivity contribution in [2.45, 2.75) is 37.8 Å². The smallest absolute Gasteiger partial charge is 0.340 e. The van der Waals surface area contributed by atoms with Crippen molar-refractivity contribution < 1.29 is 22.7 Å². The minimum absolute atomic E-state index is 0.0190. The highest BCUT2D eigenvalue weighted by molar-refractivity contribution is 9.10. The van der Waals surface area contributed by atoms with Gasteiger partial charge in [0.1, 0.15) is 0 Å². The molecule has 0 spiro atoms. The molecule has 1 atom stereocenters. The molecule has 1 aromatic carbocycles. The molecule has 0 bridgehead atoms. The van der Waals surface area contributed by atoms with Gasteiger partial charge in [0.2, 0.25) is 10.0 Å². The average molecular weight is 407 g/mol. The summed E-state index contributed by atoms with van der Waals surface area (Å²) in [6.07, 6.45) is -0.999. The molecule has 1 amide bonds. The number of rotatable bonds is 6. The van der Waals surface area contributed by atoms with Gasteiger partial charge in [0, 0.05) is 10.5 Å². The first-order valence-corrected chi connectivity index (χ1v) is 9.10. The molecule has 1 rings (SSSR count). The van der Waals surface area contributed by atoms with Crippen molar-refractivity contribution in [3.05, 3.63) is 28.2 Å². The monoisotopic (exact) mass is 406 g/mol. The van der Waals surface area contributed by atoms with E-state index in [4.69, 9.17) is 4.74 Å². The highest BCUT2D eigenvalue weighted by Crippen LogP contribution is 2.22. The van der Waals surface area contributed by atoms with Crippen LogP contribution in [0.1, 0.15) is 31.1 Å². The number of hydrogen-bond acceptors (Lipinski definition) is 5. The van der Waals surface area contributed by atoms with Crippen molar-refractivity contribution in [3.8, 4) is 0 Å². The predicted molar refractivity (Wildman–Crippen MR) is 88.5 cm³/mol. The van der Waals surface area contributed by atoms with Gasteiger partial charge in [0.15, 0.2) is 6.10 Å². The Hall–Kier alpha value is -1.45. The maximum atomic E-state index is 12.2. The highest BCUT2D eigenvalue weighted by atomic mass is 79.9. The molecule has 7 nitrogen and oxygen atoms in total. The molecular weight excluding hydrogens is 388 g/mol. The molecule has 0 unspecified atom stereocenters. The number of halogens is 1. The maximum absolute atomic E-state index is 12.2. The van der Waals surface area contributed by atoms with E-state index in [0.29, 0.717) is 4.47 Å². The molecule has 0 radical (unpaired) electrons.